The minimum Gasteiger partial charge on any atom is -0.503 e. The molecule has 1 aromatic carbocycles. The fourth-order valence-electron chi connectivity index (χ4n) is 4.27. The van der Waals surface area contributed by atoms with Crippen molar-refractivity contribution in [1.82, 2.24) is 19.7 Å². The monoisotopic (exact) mass is 460 g/mol. The van der Waals surface area contributed by atoms with Crippen LogP contribution in [0, 0.1) is 5.82 Å². The molecule has 2 aromatic heterocycles. The molecule has 1 saturated heterocycles. The molecule has 2 aliphatic heterocycles. The van der Waals surface area contributed by atoms with Crippen LogP contribution in [-0.4, -0.2) is 43.3 Å². The van der Waals surface area contributed by atoms with Gasteiger partial charge >= 0.3 is 0 Å². The summed E-state index contributed by atoms with van der Waals surface area (Å²) in [7, 11) is 0. The Hall–Kier alpha value is -2.78. The molecule has 4 heterocycles. The SMILES string of the molecule is O=C1c2c(O)c(=O)c(-c3nnc(Cc4cccc(Cl)c4F)s3)cn2C[C@@H]2CCCCN12. The summed E-state index contributed by atoms with van der Waals surface area (Å²) in [6.45, 7) is 1.15. The van der Waals surface area contributed by atoms with E-state index in [0.717, 1.165) is 30.6 Å². The quantitative estimate of drug-likeness (QED) is 0.646. The number of aromatic hydroxyl groups is 1. The van der Waals surface area contributed by atoms with E-state index in [1.54, 1.807) is 27.8 Å². The van der Waals surface area contributed by atoms with Gasteiger partial charge in [-0.3, -0.25) is 9.59 Å². The number of carbonyl (C=O) groups excluding carboxylic acids is 1. The van der Waals surface area contributed by atoms with Crippen LogP contribution < -0.4 is 5.43 Å². The van der Waals surface area contributed by atoms with E-state index in [-0.39, 0.29) is 34.6 Å². The topological polar surface area (TPSA) is 88.3 Å². The van der Waals surface area contributed by atoms with E-state index in [9.17, 15) is 19.1 Å². The Morgan fingerprint density at radius 2 is 2.10 bits per heavy atom. The molecular weight excluding hydrogens is 443 g/mol. The van der Waals surface area contributed by atoms with E-state index in [0.29, 0.717) is 28.7 Å². The van der Waals surface area contributed by atoms with E-state index in [1.165, 1.54) is 6.07 Å². The van der Waals surface area contributed by atoms with Crippen molar-refractivity contribution in [1.29, 1.82) is 0 Å². The van der Waals surface area contributed by atoms with Crippen LogP contribution in [-0.2, 0) is 13.0 Å². The highest BCUT2D eigenvalue weighted by molar-refractivity contribution is 7.14. The maximum Gasteiger partial charge on any atom is 0.274 e. The van der Waals surface area contributed by atoms with Gasteiger partial charge in [-0.1, -0.05) is 35.1 Å². The number of fused-ring (bicyclic) bond motifs is 2. The molecule has 7 nitrogen and oxygen atoms in total. The first-order valence-corrected chi connectivity index (χ1v) is 11.2. The lowest BCUT2D eigenvalue weighted by Crippen LogP contribution is -2.51. The predicted octanol–water partition coefficient (Wildman–Crippen LogP) is 3.46. The molecule has 1 amide bonds. The van der Waals surface area contributed by atoms with E-state index < -0.39 is 17.0 Å². The van der Waals surface area contributed by atoms with Crippen LogP contribution in [0.5, 0.6) is 5.75 Å². The van der Waals surface area contributed by atoms with Crippen molar-refractivity contribution < 1.29 is 14.3 Å². The highest BCUT2D eigenvalue weighted by atomic mass is 35.5. The third-order valence-corrected chi connectivity index (χ3v) is 7.07. The Balaban J connectivity index is 1.51. The fourth-order valence-corrected chi connectivity index (χ4v) is 5.34. The van der Waals surface area contributed by atoms with Gasteiger partial charge in [-0.25, -0.2) is 4.39 Å². The number of piperidine rings is 1. The summed E-state index contributed by atoms with van der Waals surface area (Å²) < 4.78 is 15.8. The number of pyridine rings is 1. The normalized spacial score (nSPS) is 18.1. The number of carbonyl (C=O) groups is 1. The third-order valence-electron chi connectivity index (χ3n) is 5.82. The van der Waals surface area contributed by atoms with Gasteiger partial charge in [-0.2, -0.15) is 0 Å². The highest BCUT2D eigenvalue weighted by Crippen LogP contribution is 2.32. The fraction of sp³-hybridized carbons (Fsp3) is 0.333. The molecule has 1 atom stereocenters. The van der Waals surface area contributed by atoms with Crippen LogP contribution in [0.2, 0.25) is 5.02 Å². The van der Waals surface area contributed by atoms with Gasteiger partial charge in [0, 0.05) is 31.7 Å². The molecule has 1 N–H and O–H groups in total. The molecule has 160 valence electrons. The van der Waals surface area contributed by atoms with Gasteiger partial charge in [0.05, 0.1) is 10.6 Å². The van der Waals surface area contributed by atoms with Crippen molar-refractivity contribution in [2.75, 3.05) is 6.54 Å². The molecule has 2 aliphatic rings. The second-order valence-corrected chi connectivity index (χ2v) is 9.23. The molecule has 0 spiro atoms. The molecule has 0 unspecified atom stereocenters. The lowest BCUT2D eigenvalue weighted by molar-refractivity contribution is 0.0506. The lowest BCUT2D eigenvalue weighted by atomic mass is 9.98. The average Bonchev–Trinajstić information content (AvgIpc) is 3.22. The molecule has 1 fully saturated rings. The van der Waals surface area contributed by atoms with Gasteiger partial charge in [0.15, 0.2) is 16.5 Å². The van der Waals surface area contributed by atoms with Gasteiger partial charge in [-0.05, 0) is 30.9 Å². The van der Waals surface area contributed by atoms with E-state index in [1.807, 2.05) is 0 Å². The summed E-state index contributed by atoms with van der Waals surface area (Å²) in [5, 5.41) is 19.6. The van der Waals surface area contributed by atoms with Crippen molar-refractivity contribution in [3.8, 4) is 16.3 Å². The number of aromatic nitrogens is 3. The maximum atomic E-state index is 14.2. The number of rotatable bonds is 3. The van der Waals surface area contributed by atoms with Crippen molar-refractivity contribution >= 4 is 28.8 Å². The molecule has 0 bridgehead atoms. The molecule has 0 radical (unpaired) electrons. The average molecular weight is 461 g/mol. The standard InChI is InChI=1S/C21H18ClFN4O3S/c22-14-6-3-4-11(16(14)23)8-15-24-25-20(31-15)13-10-26-9-12-5-1-2-7-27(12)21(30)17(26)19(29)18(13)28/h3-4,6,10,12,29H,1-2,5,7-9H2/t12-/m0/s1. The summed E-state index contributed by atoms with van der Waals surface area (Å²) in [5.74, 6) is -1.39. The van der Waals surface area contributed by atoms with Crippen LogP contribution in [0.4, 0.5) is 4.39 Å². The number of benzene rings is 1. The van der Waals surface area contributed by atoms with Gasteiger partial charge < -0.3 is 14.6 Å². The van der Waals surface area contributed by atoms with Gasteiger partial charge in [0.25, 0.3) is 5.91 Å². The van der Waals surface area contributed by atoms with Crippen molar-refractivity contribution in [3.63, 3.8) is 0 Å². The Kier molecular flexibility index (Phi) is 5.02. The summed E-state index contributed by atoms with van der Waals surface area (Å²) in [6.07, 6.45) is 4.61. The second kappa shape index (κ2) is 7.72. The zero-order chi connectivity index (χ0) is 21.7. The summed E-state index contributed by atoms with van der Waals surface area (Å²) in [6, 6.07) is 4.79. The molecule has 3 aromatic rings. The minimum atomic E-state index is -0.660. The zero-order valence-electron chi connectivity index (χ0n) is 16.3. The van der Waals surface area contributed by atoms with Crippen LogP contribution >= 0.6 is 22.9 Å². The summed E-state index contributed by atoms with van der Waals surface area (Å²) in [4.78, 5) is 27.5. The molecule has 0 aliphatic carbocycles. The molecular formula is C21H18ClFN4O3S. The Labute approximate surface area is 185 Å². The Bertz CT molecular complexity index is 1260. The minimum absolute atomic E-state index is 0.0256. The van der Waals surface area contributed by atoms with Gasteiger partial charge in [-0.15, -0.1) is 10.2 Å². The number of hydrogen-bond acceptors (Lipinski definition) is 6. The number of halogens is 2. The summed E-state index contributed by atoms with van der Waals surface area (Å²) in [5.41, 5.74) is -0.0823. The van der Waals surface area contributed by atoms with Crippen LogP contribution in [0.25, 0.3) is 10.6 Å². The van der Waals surface area contributed by atoms with E-state index in [2.05, 4.69) is 10.2 Å². The second-order valence-electron chi connectivity index (χ2n) is 7.76. The van der Waals surface area contributed by atoms with Crippen molar-refractivity contribution in [3.05, 3.63) is 61.7 Å². The number of hydrogen-bond donors (Lipinski definition) is 1. The van der Waals surface area contributed by atoms with Crippen molar-refractivity contribution in [2.24, 2.45) is 0 Å². The smallest absolute Gasteiger partial charge is 0.274 e. The Morgan fingerprint density at radius 1 is 1.26 bits per heavy atom. The first-order valence-electron chi connectivity index (χ1n) is 9.97. The van der Waals surface area contributed by atoms with Gasteiger partial charge in [0.2, 0.25) is 5.43 Å². The Morgan fingerprint density at radius 3 is 2.94 bits per heavy atom. The number of nitrogens with zero attached hydrogens (tertiary/aromatic N) is 4. The first-order chi connectivity index (χ1) is 14.9. The van der Waals surface area contributed by atoms with Crippen LogP contribution in [0.1, 0.15) is 40.3 Å². The van der Waals surface area contributed by atoms with Crippen molar-refractivity contribution in [2.45, 2.75) is 38.3 Å². The first kappa shape index (κ1) is 20.1. The van der Waals surface area contributed by atoms with Gasteiger partial charge in [0.1, 0.15) is 10.8 Å². The highest BCUT2D eigenvalue weighted by Gasteiger charge is 2.37. The van der Waals surface area contributed by atoms with E-state index >= 15 is 0 Å². The maximum absolute atomic E-state index is 14.2. The van der Waals surface area contributed by atoms with Crippen LogP contribution in [0.15, 0.2) is 29.2 Å². The molecule has 31 heavy (non-hydrogen) atoms. The zero-order valence-corrected chi connectivity index (χ0v) is 17.9. The number of amides is 1. The van der Waals surface area contributed by atoms with E-state index in [4.69, 9.17) is 11.6 Å². The molecule has 5 rings (SSSR count). The third kappa shape index (κ3) is 3.41. The lowest BCUT2D eigenvalue weighted by Gasteiger charge is -2.40. The van der Waals surface area contributed by atoms with Crippen LogP contribution in [0.3, 0.4) is 0 Å². The molecule has 10 heteroatoms. The predicted molar refractivity (Wildman–Crippen MR) is 114 cm³/mol. The largest absolute Gasteiger partial charge is 0.503 e. The summed E-state index contributed by atoms with van der Waals surface area (Å²) >= 11 is 6.98. The molecule has 0 saturated carbocycles.